The molecule has 0 aromatic rings. The van der Waals surface area contributed by atoms with Crippen LogP contribution in [0.2, 0.25) is 0 Å². The lowest BCUT2D eigenvalue weighted by molar-refractivity contribution is -0.206. The normalized spacial score (nSPS) is 28.5. The average molecular weight is 296 g/mol. The molecule has 0 N–H and O–H groups in total. The van der Waals surface area contributed by atoms with Gasteiger partial charge >= 0.3 is 11.9 Å². The van der Waals surface area contributed by atoms with E-state index in [0.717, 1.165) is 6.42 Å². The molecule has 1 fully saturated rings. The fraction of sp³-hybridized carbons (Fsp3) is 0.667. The zero-order chi connectivity index (χ0) is 15.6. The summed E-state index contributed by atoms with van der Waals surface area (Å²) in [5.41, 5.74) is -0.196. The first-order valence-corrected chi connectivity index (χ1v) is 7.14. The molecule has 116 valence electrons. The minimum Gasteiger partial charge on any atom is -0.460 e. The topological polar surface area (TPSA) is 78.9 Å². The molecule has 0 saturated heterocycles. The Morgan fingerprint density at radius 3 is 2.67 bits per heavy atom. The summed E-state index contributed by atoms with van der Waals surface area (Å²) in [5, 5.41) is 0. The lowest BCUT2D eigenvalue weighted by atomic mass is 9.76. The summed E-state index contributed by atoms with van der Waals surface area (Å²) in [7, 11) is 0. The Morgan fingerprint density at radius 2 is 2.14 bits per heavy atom. The molecule has 21 heavy (non-hydrogen) atoms. The SMILES string of the molecule is CCOC(=O)C1=C(C)C[C@@]2(CCCC2=O)[C@@H](OC(C)=O)O1. The smallest absolute Gasteiger partial charge is 0.373 e. The Bertz CT molecular complexity index is 506. The van der Waals surface area contributed by atoms with E-state index in [-0.39, 0.29) is 18.1 Å². The van der Waals surface area contributed by atoms with Gasteiger partial charge in [-0.05, 0) is 38.7 Å². The third-order valence-electron chi connectivity index (χ3n) is 3.96. The summed E-state index contributed by atoms with van der Waals surface area (Å²) in [6.07, 6.45) is 1.09. The number of carbonyl (C=O) groups excluding carboxylic acids is 3. The molecule has 0 radical (unpaired) electrons. The number of hydrogen-bond acceptors (Lipinski definition) is 6. The summed E-state index contributed by atoms with van der Waals surface area (Å²) in [6.45, 7) is 4.92. The van der Waals surface area contributed by atoms with Gasteiger partial charge in [0.15, 0.2) is 0 Å². The van der Waals surface area contributed by atoms with Crippen molar-refractivity contribution in [1.82, 2.24) is 0 Å². The highest BCUT2D eigenvalue weighted by molar-refractivity contribution is 5.91. The van der Waals surface area contributed by atoms with Crippen molar-refractivity contribution >= 4 is 17.7 Å². The number of ether oxygens (including phenoxy) is 3. The van der Waals surface area contributed by atoms with Crippen LogP contribution < -0.4 is 0 Å². The van der Waals surface area contributed by atoms with Gasteiger partial charge in [-0.1, -0.05) is 0 Å². The van der Waals surface area contributed by atoms with Crippen LogP contribution in [0.3, 0.4) is 0 Å². The quantitative estimate of drug-likeness (QED) is 0.740. The second-order valence-electron chi connectivity index (χ2n) is 5.50. The van der Waals surface area contributed by atoms with E-state index >= 15 is 0 Å². The number of ketones is 1. The molecular formula is C15H20O6. The van der Waals surface area contributed by atoms with Gasteiger partial charge in [0.1, 0.15) is 11.2 Å². The van der Waals surface area contributed by atoms with Crippen molar-refractivity contribution in [2.24, 2.45) is 5.41 Å². The molecule has 0 aromatic heterocycles. The maximum absolute atomic E-state index is 12.3. The van der Waals surface area contributed by atoms with E-state index < -0.39 is 23.6 Å². The van der Waals surface area contributed by atoms with Crippen LogP contribution in [0.25, 0.3) is 0 Å². The molecule has 1 aliphatic carbocycles. The van der Waals surface area contributed by atoms with E-state index in [2.05, 4.69) is 0 Å². The van der Waals surface area contributed by atoms with Gasteiger partial charge < -0.3 is 14.2 Å². The molecule has 6 heteroatoms. The Hall–Kier alpha value is -1.85. The van der Waals surface area contributed by atoms with Crippen LogP contribution in [0.4, 0.5) is 0 Å². The van der Waals surface area contributed by atoms with Crippen LogP contribution in [0, 0.1) is 5.41 Å². The number of allylic oxidation sites excluding steroid dienone is 1. The average Bonchev–Trinajstić information content (AvgIpc) is 2.75. The fourth-order valence-electron chi connectivity index (χ4n) is 3.05. The highest BCUT2D eigenvalue weighted by atomic mass is 16.7. The fourth-order valence-corrected chi connectivity index (χ4v) is 3.05. The lowest BCUT2D eigenvalue weighted by Crippen LogP contribution is -2.47. The van der Waals surface area contributed by atoms with Crippen molar-refractivity contribution in [3.8, 4) is 0 Å². The maximum atomic E-state index is 12.3. The monoisotopic (exact) mass is 296 g/mol. The summed E-state index contributed by atoms with van der Waals surface area (Å²) in [4.78, 5) is 35.5. The first-order chi connectivity index (χ1) is 9.90. The molecule has 1 saturated carbocycles. The number of Topliss-reactive ketones (excluding diaryl/α,β-unsaturated/α-hetero) is 1. The Kier molecular flexibility index (Phi) is 4.34. The predicted octanol–water partition coefficient (Wildman–Crippen LogP) is 1.87. The van der Waals surface area contributed by atoms with Crippen molar-refractivity contribution in [1.29, 1.82) is 0 Å². The van der Waals surface area contributed by atoms with Crippen LogP contribution >= 0.6 is 0 Å². The van der Waals surface area contributed by atoms with E-state index in [4.69, 9.17) is 14.2 Å². The lowest BCUT2D eigenvalue weighted by Gasteiger charge is -2.39. The van der Waals surface area contributed by atoms with E-state index in [9.17, 15) is 14.4 Å². The highest BCUT2D eigenvalue weighted by Gasteiger charge is 2.55. The van der Waals surface area contributed by atoms with Crippen LogP contribution in [0.1, 0.15) is 46.5 Å². The van der Waals surface area contributed by atoms with Gasteiger partial charge in [-0.25, -0.2) is 4.79 Å². The highest BCUT2D eigenvalue weighted by Crippen LogP contribution is 2.48. The first-order valence-electron chi connectivity index (χ1n) is 7.14. The van der Waals surface area contributed by atoms with Gasteiger partial charge in [0.2, 0.25) is 5.76 Å². The molecule has 2 rings (SSSR count). The van der Waals surface area contributed by atoms with Crippen molar-refractivity contribution < 1.29 is 28.6 Å². The molecule has 0 unspecified atom stereocenters. The number of rotatable bonds is 3. The Labute approximate surface area is 123 Å². The van der Waals surface area contributed by atoms with Crippen LogP contribution in [-0.2, 0) is 28.6 Å². The van der Waals surface area contributed by atoms with Gasteiger partial charge in [0, 0.05) is 13.3 Å². The van der Waals surface area contributed by atoms with E-state index in [1.165, 1.54) is 6.92 Å². The molecule has 1 spiro atoms. The Balaban J connectivity index is 2.34. The minimum absolute atomic E-state index is 0.0241. The zero-order valence-corrected chi connectivity index (χ0v) is 12.6. The summed E-state index contributed by atoms with van der Waals surface area (Å²) >= 11 is 0. The molecule has 2 atom stereocenters. The molecule has 0 aromatic carbocycles. The van der Waals surface area contributed by atoms with Gasteiger partial charge in [0.05, 0.1) is 6.61 Å². The second kappa shape index (κ2) is 5.87. The van der Waals surface area contributed by atoms with E-state index in [1.54, 1.807) is 13.8 Å². The number of esters is 2. The molecule has 1 aliphatic heterocycles. The van der Waals surface area contributed by atoms with Crippen molar-refractivity contribution in [2.75, 3.05) is 6.61 Å². The second-order valence-corrected chi connectivity index (χ2v) is 5.50. The van der Waals surface area contributed by atoms with E-state index in [1.807, 2.05) is 0 Å². The zero-order valence-electron chi connectivity index (χ0n) is 12.6. The minimum atomic E-state index is -1.05. The third kappa shape index (κ3) is 2.80. The largest absolute Gasteiger partial charge is 0.460 e. The number of carbonyl (C=O) groups is 3. The van der Waals surface area contributed by atoms with E-state index in [0.29, 0.717) is 24.8 Å². The molecule has 2 aliphatic rings. The molecule has 1 heterocycles. The van der Waals surface area contributed by atoms with Crippen molar-refractivity contribution in [3.05, 3.63) is 11.3 Å². The summed E-state index contributed by atoms with van der Waals surface area (Å²) < 4.78 is 15.7. The maximum Gasteiger partial charge on any atom is 0.373 e. The summed E-state index contributed by atoms with van der Waals surface area (Å²) in [5.74, 6) is -1.06. The van der Waals surface area contributed by atoms with Gasteiger partial charge in [-0.2, -0.15) is 0 Å². The van der Waals surface area contributed by atoms with Crippen LogP contribution in [0.5, 0.6) is 0 Å². The number of hydrogen-bond donors (Lipinski definition) is 0. The molecular weight excluding hydrogens is 276 g/mol. The van der Waals surface area contributed by atoms with Crippen LogP contribution in [-0.4, -0.2) is 30.6 Å². The third-order valence-corrected chi connectivity index (χ3v) is 3.96. The Morgan fingerprint density at radius 1 is 1.43 bits per heavy atom. The standard InChI is InChI=1S/C15H20O6/c1-4-19-13(18)12-9(2)8-15(7-5-6-11(15)17)14(21-12)20-10(3)16/h14H,4-8H2,1-3H3/t14-,15+/m0/s1. The van der Waals surface area contributed by atoms with Crippen molar-refractivity contribution in [3.63, 3.8) is 0 Å². The molecule has 0 bridgehead atoms. The van der Waals surface area contributed by atoms with Gasteiger partial charge in [0.25, 0.3) is 6.29 Å². The van der Waals surface area contributed by atoms with Gasteiger partial charge in [-0.3, -0.25) is 9.59 Å². The molecule has 0 amide bonds. The predicted molar refractivity (Wildman–Crippen MR) is 71.9 cm³/mol. The van der Waals surface area contributed by atoms with Crippen molar-refractivity contribution in [2.45, 2.75) is 52.7 Å². The van der Waals surface area contributed by atoms with Crippen LogP contribution in [0.15, 0.2) is 11.3 Å². The van der Waals surface area contributed by atoms with Gasteiger partial charge in [-0.15, -0.1) is 0 Å². The molecule has 6 nitrogen and oxygen atoms in total. The first kappa shape index (κ1) is 15.5. The summed E-state index contributed by atoms with van der Waals surface area (Å²) in [6, 6.07) is 0.